The van der Waals surface area contributed by atoms with Gasteiger partial charge in [0, 0.05) is 23.8 Å². The summed E-state index contributed by atoms with van der Waals surface area (Å²) in [5, 5.41) is 3.41. The van der Waals surface area contributed by atoms with Gasteiger partial charge in [0.25, 0.3) is 0 Å². The van der Waals surface area contributed by atoms with Crippen LogP contribution in [0.3, 0.4) is 0 Å². The molecule has 0 atom stereocenters. The lowest BCUT2D eigenvalue weighted by molar-refractivity contribution is 0.306. The summed E-state index contributed by atoms with van der Waals surface area (Å²) in [6.45, 7) is 13.5. The van der Waals surface area contributed by atoms with Crippen LogP contribution < -0.4 is 10.1 Å². The van der Waals surface area contributed by atoms with Crippen LogP contribution in [0.15, 0.2) is 18.7 Å². The number of aryl methyl sites for hydroxylation is 2. The topological polar surface area (TPSA) is 34.1 Å². The lowest BCUT2D eigenvalue weighted by Crippen LogP contribution is -2.23. The predicted molar refractivity (Wildman–Crippen MR) is 76.0 cm³/mol. The van der Waals surface area contributed by atoms with Crippen LogP contribution in [0.2, 0.25) is 0 Å². The number of nitrogens with zero attached hydrogens (tertiary/aromatic N) is 1. The third-order valence-electron chi connectivity index (χ3n) is 2.69. The molecule has 100 valence electrons. The van der Waals surface area contributed by atoms with E-state index in [-0.39, 0.29) is 0 Å². The van der Waals surface area contributed by atoms with E-state index in [1.807, 2.05) is 13.0 Å². The minimum absolute atomic E-state index is 0.451. The molecule has 3 heteroatoms. The molecule has 0 aromatic carbocycles. The lowest BCUT2D eigenvalue weighted by atomic mass is 10.1. The van der Waals surface area contributed by atoms with Crippen LogP contribution in [0, 0.1) is 13.8 Å². The highest BCUT2D eigenvalue weighted by atomic mass is 16.5. The van der Waals surface area contributed by atoms with Gasteiger partial charge in [0.15, 0.2) is 0 Å². The Hall–Kier alpha value is -1.35. The summed E-state index contributed by atoms with van der Waals surface area (Å²) >= 11 is 0. The van der Waals surface area contributed by atoms with Gasteiger partial charge in [-0.3, -0.25) is 0 Å². The van der Waals surface area contributed by atoms with Crippen molar-refractivity contribution in [3.05, 3.63) is 35.5 Å². The van der Waals surface area contributed by atoms with Crippen molar-refractivity contribution in [1.82, 2.24) is 10.3 Å². The average molecular weight is 248 g/mol. The first kappa shape index (κ1) is 14.7. The molecule has 0 saturated heterocycles. The van der Waals surface area contributed by atoms with Crippen molar-refractivity contribution in [3.63, 3.8) is 0 Å². The molecule has 0 radical (unpaired) electrons. The van der Waals surface area contributed by atoms with Crippen molar-refractivity contribution in [3.8, 4) is 5.88 Å². The zero-order valence-electron chi connectivity index (χ0n) is 11.9. The molecule has 0 aliphatic carbocycles. The minimum atomic E-state index is 0.451. The molecule has 1 aromatic rings. The van der Waals surface area contributed by atoms with Gasteiger partial charge in [-0.1, -0.05) is 19.9 Å². The van der Waals surface area contributed by atoms with Gasteiger partial charge in [-0.25, -0.2) is 4.98 Å². The van der Waals surface area contributed by atoms with Crippen LogP contribution in [0.1, 0.15) is 37.1 Å². The van der Waals surface area contributed by atoms with E-state index in [0.717, 1.165) is 30.1 Å². The van der Waals surface area contributed by atoms with Gasteiger partial charge < -0.3 is 10.1 Å². The molecule has 1 N–H and O–H groups in total. The van der Waals surface area contributed by atoms with Crippen molar-refractivity contribution >= 4 is 0 Å². The molecule has 0 fully saturated rings. The first-order valence-corrected chi connectivity index (χ1v) is 6.48. The number of pyridine rings is 1. The summed E-state index contributed by atoms with van der Waals surface area (Å²) in [5.41, 5.74) is 3.37. The Bertz CT molecular complexity index is 400. The number of hydrogen-bond acceptors (Lipinski definition) is 3. The summed E-state index contributed by atoms with van der Waals surface area (Å²) in [7, 11) is 0. The average Bonchev–Trinajstić information content (AvgIpc) is 2.27. The zero-order chi connectivity index (χ0) is 13.5. The van der Waals surface area contributed by atoms with Crippen LogP contribution in [0.5, 0.6) is 5.88 Å². The SMILES string of the molecule is C=CCCOc1nc(C)cc(C)c1CNC(C)C. The highest BCUT2D eigenvalue weighted by Gasteiger charge is 2.10. The summed E-state index contributed by atoms with van der Waals surface area (Å²) in [4.78, 5) is 4.49. The summed E-state index contributed by atoms with van der Waals surface area (Å²) in [6.07, 6.45) is 2.69. The van der Waals surface area contributed by atoms with Gasteiger partial charge >= 0.3 is 0 Å². The number of hydrogen-bond donors (Lipinski definition) is 1. The molecule has 1 aromatic heterocycles. The van der Waals surface area contributed by atoms with Gasteiger partial charge in [0.2, 0.25) is 5.88 Å². The van der Waals surface area contributed by atoms with Crippen LogP contribution in [0.4, 0.5) is 0 Å². The fourth-order valence-electron chi connectivity index (χ4n) is 1.71. The van der Waals surface area contributed by atoms with Crippen LogP contribution in [-0.4, -0.2) is 17.6 Å². The second-order valence-corrected chi connectivity index (χ2v) is 4.83. The molecule has 1 rings (SSSR count). The molecule has 0 saturated carbocycles. The van der Waals surface area contributed by atoms with Gasteiger partial charge in [0.05, 0.1) is 6.61 Å². The molecule has 1 heterocycles. The largest absolute Gasteiger partial charge is 0.477 e. The zero-order valence-corrected chi connectivity index (χ0v) is 11.9. The van der Waals surface area contributed by atoms with Crippen molar-refractivity contribution in [2.24, 2.45) is 0 Å². The Morgan fingerprint density at radius 3 is 2.78 bits per heavy atom. The summed E-state index contributed by atoms with van der Waals surface area (Å²) in [5.74, 6) is 0.752. The normalized spacial score (nSPS) is 10.7. The molecule has 0 bridgehead atoms. The monoisotopic (exact) mass is 248 g/mol. The maximum Gasteiger partial charge on any atom is 0.218 e. The summed E-state index contributed by atoms with van der Waals surface area (Å²) in [6, 6.07) is 2.55. The van der Waals surface area contributed by atoms with Crippen LogP contribution in [-0.2, 0) is 6.54 Å². The van der Waals surface area contributed by atoms with E-state index in [0.29, 0.717) is 12.6 Å². The molecule has 0 aliphatic heterocycles. The number of aromatic nitrogens is 1. The Morgan fingerprint density at radius 1 is 1.44 bits per heavy atom. The van der Waals surface area contributed by atoms with E-state index in [1.54, 1.807) is 0 Å². The Labute approximate surface area is 110 Å². The quantitative estimate of drug-likeness (QED) is 0.594. The summed E-state index contributed by atoms with van der Waals surface area (Å²) < 4.78 is 5.75. The number of ether oxygens (including phenoxy) is 1. The van der Waals surface area contributed by atoms with E-state index in [4.69, 9.17) is 4.74 Å². The van der Waals surface area contributed by atoms with Gasteiger partial charge in [-0.05, 0) is 31.9 Å². The Balaban J connectivity index is 2.86. The Kier molecular flexibility index (Phi) is 5.86. The second-order valence-electron chi connectivity index (χ2n) is 4.83. The molecular formula is C15H24N2O. The second kappa shape index (κ2) is 7.17. The Morgan fingerprint density at radius 2 is 2.17 bits per heavy atom. The molecular weight excluding hydrogens is 224 g/mol. The molecule has 0 unspecified atom stereocenters. The lowest BCUT2D eigenvalue weighted by Gasteiger charge is -2.15. The maximum absolute atomic E-state index is 5.75. The highest BCUT2D eigenvalue weighted by Crippen LogP contribution is 2.21. The van der Waals surface area contributed by atoms with Crippen molar-refractivity contribution in [2.45, 2.75) is 46.7 Å². The first-order chi connectivity index (χ1) is 8.54. The van der Waals surface area contributed by atoms with Gasteiger partial charge in [-0.15, -0.1) is 6.58 Å². The number of nitrogens with one attached hydrogen (secondary N) is 1. The van der Waals surface area contributed by atoms with Gasteiger partial charge in [-0.2, -0.15) is 0 Å². The van der Waals surface area contributed by atoms with E-state index in [2.05, 4.69) is 43.7 Å². The third-order valence-corrected chi connectivity index (χ3v) is 2.69. The van der Waals surface area contributed by atoms with E-state index < -0.39 is 0 Å². The molecule has 0 aliphatic rings. The van der Waals surface area contributed by atoms with E-state index >= 15 is 0 Å². The highest BCUT2D eigenvalue weighted by molar-refractivity contribution is 5.35. The maximum atomic E-state index is 5.75. The third kappa shape index (κ3) is 4.49. The molecule has 3 nitrogen and oxygen atoms in total. The molecule has 0 spiro atoms. The number of rotatable bonds is 7. The fourth-order valence-corrected chi connectivity index (χ4v) is 1.71. The standard InChI is InChI=1S/C15H24N2O/c1-6-7-8-18-15-14(10-16-11(2)3)12(4)9-13(5)17-15/h6,9,11,16H,1,7-8,10H2,2-5H3. The minimum Gasteiger partial charge on any atom is -0.477 e. The predicted octanol–water partition coefficient (Wildman–Crippen LogP) is 3.15. The first-order valence-electron chi connectivity index (χ1n) is 6.48. The van der Waals surface area contributed by atoms with Gasteiger partial charge in [0.1, 0.15) is 0 Å². The molecule has 18 heavy (non-hydrogen) atoms. The van der Waals surface area contributed by atoms with Crippen molar-refractivity contribution in [1.29, 1.82) is 0 Å². The van der Waals surface area contributed by atoms with Crippen LogP contribution in [0.25, 0.3) is 0 Å². The smallest absolute Gasteiger partial charge is 0.218 e. The van der Waals surface area contributed by atoms with E-state index in [9.17, 15) is 0 Å². The van der Waals surface area contributed by atoms with Crippen LogP contribution >= 0.6 is 0 Å². The molecule has 0 amide bonds. The fraction of sp³-hybridized carbons (Fsp3) is 0.533. The van der Waals surface area contributed by atoms with E-state index in [1.165, 1.54) is 5.56 Å². The van der Waals surface area contributed by atoms with Crippen molar-refractivity contribution < 1.29 is 4.74 Å². The van der Waals surface area contributed by atoms with Crippen molar-refractivity contribution in [2.75, 3.05) is 6.61 Å².